The molecule has 0 aliphatic rings. The van der Waals surface area contributed by atoms with Gasteiger partial charge in [-0.1, -0.05) is 0 Å². The molecular formula is C14H18N2O. The van der Waals surface area contributed by atoms with Crippen molar-refractivity contribution in [3.8, 4) is 11.4 Å². The third-order valence-electron chi connectivity index (χ3n) is 2.21. The van der Waals surface area contributed by atoms with Crippen molar-refractivity contribution in [1.82, 2.24) is 10.0 Å². The van der Waals surface area contributed by atoms with Crippen LogP contribution in [0.2, 0.25) is 0 Å². The lowest BCUT2D eigenvalue weighted by Crippen LogP contribution is -2.38. The lowest BCUT2D eigenvalue weighted by Gasteiger charge is -2.20. The summed E-state index contributed by atoms with van der Waals surface area (Å²) in [6.07, 6.45) is 4.03. The van der Waals surface area contributed by atoms with Crippen molar-refractivity contribution in [3.63, 3.8) is 0 Å². The minimum atomic E-state index is -0.0564. The van der Waals surface area contributed by atoms with Gasteiger partial charge in [-0.3, -0.25) is 0 Å². The average Bonchev–Trinajstić information content (AvgIpc) is 2.79. The Morgan fingerprint density at radius 3 is 2.12 bits per heavy atom. The van der Waals surface area contributed by atoms with Crippen LogP contribution in [0.15, 0.2) is 48.8 Å². The average molecular weight is 230 g/mol. The molecule has 0 atom stereocenters. The largest absolute Gasteiger partial charge is 0.408 e. The summed E-state index contributed by atoms with van der Waals surface area (Å²) in [6.45, 7) is 6.17. The van der Waals surface area contributed by atoms with Crippen LogP contribution in [0.4, 0.5) is 0 Å². The van der Waals surface area contributed by atoms with Crippen LogP contribution in [0.5, 0.6) is 5.75 Å². The van der Waals surface area contributed by atoms with Crippen LogP contribution in [0.1, 0.15) is 20.8 Å². The van der Waals surface area contributed by atoms with Crippen LogP contribution < -0.4 is 10.3 Å². The van der Waals surface area contributed by atoms with Gasteiger partial charge in [0.05, 0.1) is 0 Å². The van der Waals surface area contributed by atoms with E-state index in [-0.39, 0.29) is 5.54 Å². The van der Waals surface area contributed by atoms with E-state index >= 15 is 0 Å². The molecular weight excluding hydrogens is 212 g/mol. The first-order valence-corrected chi connectivity index (χ1v) is 5.72. The van der Waals surface area contributed by atoms with E-state index in [1.807, 2.05) is 48.8 Å². The molecule has 0 fully saturated rings. The van der Waals surface area contributed by atoms with E-state index in [0.717, 1.165) is 11.4 Å². The van der Waals surface area contributed by atoms with Gasteiger partial charge in [0.2, 0.25) is 0 Å². The zero-order valence-electron chi connectivity index (χ0n) is 10.5. The van der Waals surface area contributed by atoms with Gasteiger partial charge in [0.25, 0.3) is 0 Å². The Balaban J connectivity index is 2.04. The summed E-state index contributed by atoms with van der Waals surface area (Å²) >= 11 is 0. The first-order chi connectivity index (χ1) is 8.04. The highest BCUT2D eigenvalue weighted by Crippen LogP contribution is 2.15. The lowest BCUT2D eigenvalue weighted by molar-refractivity contribution is 0.119. The Morgan fingerprint density at radius 2 is 1.59 bits per heavy atom. The number of aromatic nitrogens is 1. The molecule has 0 aliphatic heterocycles. The van der Waals surface area contributed by atoms with Crippen molar-refractivity contribution in [2.75, 3.05) is 0 Å². The van der Waals surface area contributed by atoms with E-state index in [1.54, 1.807) is 0 Å². The van der Waals surface area contributed by atoms with Crippen LogP contribution in [0.3, 0.4) is 0 Å². The standard InChI is InChI=1S/C14H18N2O/c1-14(2,3)15-17-13-8-6-12(7-9-13)16-10-4-5-11-16/h4-11,15H,1-3H3. The van der Waals surface area contributed by atoms with Gasteiger partial charge in [-0.2, -0.15) is 5.48 Å². The SMILES string of the molecule is CC(C)(C)NOc1ccc(-n2cccc2)cc1. The Kier molecular flexibility index (Phi) is 3.20. The molecule has 0 bridgehead atoms. The Bertz CT molecular complexity index is 452. The second-order valence-electron chi connectivity index (χ2n) is 5.04. The summed E-state index contributed by atoms with van der Waals surface area (Å²) < 4.78 is 2.06. The van der Waals surface area contributed by atoms with E-state index in [0.29, 0.717) is 0 Å². The zero-order valence-corrected chi connectivity index (χ0v) is 10.5. The first kappa shape index (κ1) is 11.7. The van der Waals surface area contributed by atoms with Gasteiger partial charge in [-0.25, -0.2) is 0 Å². The fourth-order valence-corrected chi connectivity index (χ4v) is 1.40. The molecule has 0 aliphatic carbocycles. The third kappa shape index (κ3) is 3.36. The van der Waals surface area contributed by atoms with Crippen LogP contribution >= 0.6 is 0 Å². The minimum Gasteiger partial charge on any atom is -0.408 e. The summed E-state index contributed by atoms with van der Waals surface area (Å²) in [4.78, 5) is 5.48. The number of nitrogens with one attached hydrogen (secondary N) is 1. The van der Waals surface area contributed by atoms with Crippen LogP contribution in [0.25, 0.3) is 5.69 Å². The number of nitrogens with zero attached hydrogens (tertiary/aromatic N) is 1. The van der Waals surface area contributed by atoms with Gasteiger partial charge in [-0.15, -0.1) is 0 Å². The predicted octanol–water partition coefficient (Wildman–Crippen LogP) is 3.16. The second-order valence-corrected chi connectivity index (χ2v) is 5.04. The van der Waals surface area contributed by atoms with Crippen molar-refractivity contribution in [2.24, 2.45) is 0 Å². The van der Waals surface area contributed by atoms with Crippen molar-refractivity contribution in [3.05, 3.63) is 48.8 Å². The summed E-state index contributed by atoms with van der Waals surface area (Å²) in [5.74, 6) is 0.816. The van der Waals surface area contributed by atoms with Gasteiger partial charge in [-0.05, 0) is 57.2 Å². The molecule has 1 N–H and O–H groups in total. The Labute approximate surface area is 102 Å². The fraction of sp³-hybridized carbons (Fsp3) is 0.286. The molecule has 0 saturated heterocycles. The van der Waals surface area contributed by atoms with Gasteiger partial charge in [0.1, 0.15) is 5.75 Å². The number of rotatable bonds is 3. The summed E-state index contributed by atoms with van der Waals surface area (Å²) in [7, 11) is 0. The van der Waals surface area contributed by atoms with Crippen LogP contribution in [-0.4, -0.2) is 10.1 Å². The molecule has 0 unspecified atom stereocenters. The van der Waals surface area contributed by atoms with Crippen LogP contribution in [-0.2, 0) is 0 Å². The molecule has 90 valence electrons. The third-order valence-corrected chi connectivity index (χ3v) is 2.21. The molecule has 1 aromatic heterocycles. The lowest BCUT2D eigenvalue weighted by atomic mass is 10.1. The monoisotopic (exact) mass is 230 g/mol. The van der Waals surface area contributed by atoms with E-state index in [4.69, 9.17) is 4.84 Å². The summed E-state index contributed by atoms with van der Waals surface area (Å²) in [5, 5.41) is 0. The molecule has 2 aromatic rings. The number of hydrogen-bond acceptors (Lipinski definition) is 2. The molecule has 17 heavy (non-hydrogen) atoms. The van der Waals surface area contributed by atoms with Crippen LogP contribution in [0, 0.1) is 0 Å². The van der Waals surface area contributed by atoms with Gasteiger partial charge < -0.3 is 9.40 Å². The maximum absolute atomic E-state index is 5.48. The van der Waals surface area contributed by atoms with E-state index in [9.17, 15) is 0 Å². The molecule has 0 radical (unpaired) electrons. The number of hydroxylamine groups is 1. The molecule has 0 spiro atoms. The fourth-order valence-electron chi connectivity index (χ4n) is 1.40. The highest BCUT2D eigenvalue weighted by atomic mass is 16.6. The molecule has 2 rings (SSSR count). The minimum absolute atomic E-state index is 0.0564. The quantitative estimate of drug-likeness (QED) is 0.820. The molecule has 0 saturated carbocycles. The first-order valence-electron chi connectivity index (χ1n) is 5.72. The van der Waals surface area contributed by atoms with E-state index in [1.165, 1.54) is 0 Å². The maximum atomic E-state index is 5.48. The van der Waals surface area contributed by atoms with Gasteiger partial charge in [0, 0.05) is 23.6 Å². The van der Waals surface area contributed by atoms with Crippen molar-refractivity contribution >= 4 is 0 Å². The Morgan fingerprint density at radius 1 is 1.00 bits per heavy atom. The summed E-state index contributed by atoms with van der Waals surface area (Å²) in [5.41, 5.74) is 4.05. The second kappa shape index (κ2) is 4.63. The predicted molar refractivity (Wildman–Crippen MR) is 69.3 cm³/mol. The number of hydrogen-bond donors (Lipinski definition) is 1. The molecule has 0 amide bonds. The van der Waals surface area contributed by atoms with Crippen molar-refractivity contribution < 1.29 is 4.84 Å². The van der Waals surface area contributed by atoms with E-state index in [2.05, 4.69) is 30.8 Å². The molecule has 3 nitrogen and oxygen atoms in total. The molecule has 3 heteroatoms. The van der Waals surface area contributed by atoms with Gasteiger partial charge in [0.15, 0.2) is 0 Å². The molecule has 1 heterocycles. The number of benzene rings is 1. The molecule has 1 aromatic carbocycles. The topological polar surface area (TPSA) is 26.2 Å². The van der Waals surface area contributed by atoms with Crippen molar-refractivity contribution in [2.45, 2.75) is 26.3 Å². The maximum Gasteiger partial charge on any atom is 0.147 e. The van der Waals surface area contributed by atoms with E-state index < -0.39 is 0 Å². The Hall–Kier alpha value is -1.74. The zero-order chi connectivity index (χ0) is 12.3. The highest BCUT2D eigenvalue weighted by Gasteiger charge is 2.09. The normalized spacial score (nSPS) is 11.5. The summed E-state index contributed by atoms with van der Waals surface area (Å²) in [6, 6.07) is 12.0. The van der Waals surface area contributed by atoms with Crippen molar-refractivity contribution in [1.29, 1.82) is 0 Å². The van der Waals surface area contributed by atoms with Gasteiger partial charge >= 0.3 is 0 Å². The smallest absolute Gasteiger partial charge is 0.147 e. The highest BCUT2D eigenvalue weighted by molar-refractivity contribution is 5.37.